The SMILES string of the molecule is CCNc1ccc(S(=O)(=O)N(CC)CC2CCC2)cc1. The van der Waals surface area contributed by atoms with Gasteiger partial charge >= 0.3 is 0 Å². The van der Waals surface area contributed by atoms with Crippen LogP contribution in [0.1, 0.15) is 33.1 Å². The molecule has 0 radical (unpaired) electrons. The molecule has 0 aromatic heterocycles. The molecule has 1 aliphatic rings. The first-order valence-corrected chi connectivity index (χ1v) is 8.86. The summed E-state index contributed by atoms with van der Waals surface area (Å²) in [6, 6.07) is 7.04. The molecule has 2 rings (SSSR count). The average Bonchev–Trinajstić information content (AvgIpc) is 2.38. The van der Waals surface area contributed by atoms with E-state index in [0.717, 1.165) is 25.1 Å². The lowest BCUT2D eigenvalue weighted by atomic mass is 9.85. The lowest BCUT2D eigenvalue weighted by Gasteiger charge is -2.31. The van der Waals surface area contributed by atoms with Gasteiger partial charge in [-0.15, -0.1) is 0 Å². The summed E-state index contributed by atoms with van der Waals surface area (Å²) in [5.41, 5.74) is 0.952. The number of nitrogens with zero attached hydrogens (tertiary/aromatic N) is 1. The lowest BCUT2D eigenvalue weighted by Crippen LogP contribution is -2.37. The molecule has 1 saturated carbocycles. The second-order valence-corrected chi connectivity index (χ2v) is 7.25. The topological polar surface area (TPSA) is 49.4 Å². The third kappa shape index (κ3) is 3.33. The fourth-order valence-electron chi connectivity index (χ4n) is 2.46. The molecule has 20 heavy (non-hydrogen) atoms. The van der Waals surface area contributed by atoms with E-state index in [9.17, 15) is 8.42 Å². The molecule has 0 atom stereocenters. The summed E-state index contributed by atoms with van der Waals surface area (Å²) in [4.78, 5) is 0.389. The number of rotatable bonds is 7. The average molecular weight is 296 g/mol. The minimum absolute atomic E-state index is 0.389. The van der Waals surface area contributed by atoms with Crippen LogP contribution in [0.25, 0.3) is 0 Å². The second-order valence-electron chi connectivity index (χ2n) is 5.31. The van der Waals surface area contributed by atoms with Crippen molar-refractivity contribution in [1.82, 2.24) is 4.31 Å². The Morgan fingerprint density at radius 1 is 1.20 bits per heavy atom. The Balaban J connectivity index is 2.14. The highest BCUT2D eigenvalue weighted by Gasteiger charge is 2.28. The van der Waals surface area contributed by atoms with Gasteiger partial charge in [-0.05, 0) is 49.9 Å². The minimum atomic E-state index is -3.35. The Morgan fingerprint density at radius 2 is 1.85 bits per heavy atom. The fourth-order valence-corrected chi connectivity index (χ4v) is 3.98. The van der Waals surface area contributed by atoms with Crippen molar-refractivity contribution in [3.05, 3.63) is 24.3 Å². The molecule has 5 heteroatoms. The number of hydrogen-bond donors (Lipinski definition) is 1. The Bertz CT molecular complexity index is 521. The van der Waals surface area contributed by atoms with Crippen molar-refractivity contribution in [2.75, 3.05) is 25.0 Å². The predicted molar refractivity (Wildman–Crippen MR) is 82.4 cm³/mol. The van der Waals surface area contributed by atoms with E-state index in [1.165, 1.54) is 6.42 Å². The first-order valence-electron chi connectivity index (χ1n) is 7.42. The fraction of sp³-hybridized carbons (Fsp3) is 0.600. The van der Waals surface area contributed by atoms with Crippen LogP contribution in [0.5, 0.6) is 0 Å². The van der Waals surface area contributed by atoms with Crippen molar-refractivity contribution in [2.24, 2.45) is 5.92 Å². The van der Waals surface area contributed by atoms with Gasteiger partial charge in [0, 0.05) is 25.3 Å². The maximum absolute atomic E-state index is 12.6. The van der Waals surface area contributed by atoms with E-state index in [2.05, 4.69) is 5.32 Å². The Hall–Kier alpha value is -1.07. The monoisotopic (exact) mass is 296 g/mol. The maximum Gasteiger partial charge on any atom is 0.243 e. The third-order valence-corrected chi connectivity index (χ3v) is 5.87. The molecule has 0 amide bonds. The highest BCUT2D eigenvalue weighted by Crippen LogP contribution is 2.29. The third-order valence-electron chi connectivity index (χ3n) is 3.91. The summed E-state index contributed by atoms with van der Waals surface area (Å²) in [5.74, 6) is 0.547. The van der Waals surface area contributed by atoms with Crippen molar-refractivity contribution in [2.45, 2.75) is 38.0 Å². The molecule has 1 aromatic carbocycles. The van der Waals surface area contributed by atoms with Gasteiger partial charge in [0.2, 0.25) is 10.0 Å². The van der Waals surface area contributed by atoms with E-state index in [1.54, 1.807) is 16.4 Å². The molecule has 0 heterocycles. The molecule has 0 saturated heterocycles. The number of hydrogen-bond acceptors (Lipinski definition) is 3. The maximum atomic E-state index is 12.6. The zero-order valence-corrected chi connectivity index (χ0v) is 13.1. The van der Waals surface area contributed by atoms with Gasteiger partial charge in [0.1, 0.15) is 0 Å². The van der Waals surface area contributed by atoms with Crippen molar-refractivity contribution in [3.63, 3.8) is 0 Å². The van der Waals surface area contributed by atoms with E-state index in [1.807, 2.05) is 26.0 Å². The summed E-state index contributed by atoms with van der Waals surface area (Å²) in [7, 11) is -3.35. The van der Waals surface area contributed by atoms with Crippen LogP contribution >= 0.6 is 0 Å². The van der Waals surface area contributed by atoms with Crippen LogP contribution in [-0.4, -0.2) is 32.4 Å². The Labute approximate surface area is 122 Å². The number of benzene rings is 1. The van der Waals surface area contributed by atoms with E-state index in [4.69, 9.17) is 0 Å². The molecule has 0 unspecified atom stereocenters. The van der Waals surface area contributed by atoms with E-state index >= 15 is 0 Å². The number of nitrogens with one attached hydrogen (secondary N) is 1. The van der Waals surface area contributed by atoms with Gasteiger partial charge in [0.05, 0.1) is 4.90 Å². The molecule has 112 valence electrons. The Kier molecular flexibility index (Phi) is 5.05. The molecule has 1 aromatic rings. The van der Waals surface area contributed by atoms with Gasteiger partial charge in [0.25, 0.3) is 0 Å². The van der Waals surface area contributed by atoms with E-state index < -0.39 is 10.0 Å². The van der Waals surface area contributed by atoms with Crippen LogP contribution in [0.2, 0.25) is 0 Å². The molecular formula is C15H24N2O2S. The minimum Gasteiger partial charge on any atom is -0.385 e. The van der Waals surface area contributed by atoms with Gasteiger partial charge in [-0.3, -0.25) is 0 Å². The lowest BCUT2D eigenvalue weighted by molar-refractivity contribution is 0.250. The van der Waals surface area contributed by atoms with E-state index in [0.29, 0.717) is 23.9 Å². The van der Waals surface area contributed by atoms with Gasteiger partial charge in [-0.2, -0.15) is 4.31 Å². The molecular weight excluding hydrogens is 272 g/mol. The molecule has 1 fully saturated rings. The van der Waals surface area contributed by atoms with Crippen LogP contribution in [0.3, 0.4) is 0 Å². The predicted octanol–water partition coefficient (Wildman–Crippen LogP) is 2.93. The smallest absolute Gasteiger partial charge is 0.243 e. The molecule has 4 nitrogen and oxygen atoms in total. The highest BCUT2D eigenvalue weighted by molar-refractivity contribution is 7.89. The van der Waals surface area contributed by atoms with Gasteiger partial charge in [0.15, 0.2) is 0 Å². The number of anilines is 1. The summed E-state index contributed by atoms with van der Waals surface area (Å²) in [5, 5.41) is 3.17. The Morgan fingerprint density at radius 3 is 2.30 bits per heavy atom. The first kappa shape index (κ1) is 15.3. The molecule has 0 bridgehead atoms. The largest absolute Gasteiger partial charge is 0.385 e. The van der Waals surface area contributed by atoms with Crippen molar-refractivity contribution in [3.8, 4) is 0 Å². The van der Waals surface area contributed by atoms with Crippen molar-refractivity contribution < 1.29 is 8.42 Å². The molecule has 0 aliphatic heterocycles. The van der Waals surface area contributed by atoms with Crippen LogP contribution in [0.15, 0.2) is 29.2 Å². The molecule has 1 aliphatic carbocycles. The van der Waals surface area contributed by atoms with Crippen LogP contribution in [-0.2, 0) is 10.0 Å². The summed E-state index contributed by atoms with van der Waals surface area (Å²) in [6.07, 6.45) is 3.55. The number of sulfonamides is 1. The zero-order chi connectivity index (χ0) is 14.6. The zero-order valence-electron chi connectivity index (χ0n) is 12.3. The normalized spacial score (nSPS) is 16.1. The van der Waals surface area contributed by atoms with E-state index in [-0.39, 0.29) is 0 Å². The van der Waals surface area contributed by atoms with Crippen LogP contribution in [0, 0.1) is 5.92 Å². The van der Waals surface area contributed by atoms with Crippen LogP contribution < -0.4 is 5.32 Å². The van der Waals surface area contributed by atoms with Crippen LogP contribution in [0.4, 0.5) is 5.69 Å². The van der Waals surface area contributed by atoms with Crippen molar-refractivity contribution in [1.29, 1.82) is 0 Å². The second kappa shape index (κ2) is 6.59. The standard InChI is InChI=1S/C15H24N2O2S/c1-3-16-14-8-10-15(11-9-14)20(18,19)17(4-2)12-13-6-5-7-13/h8-11,13,16H,3-7,12H2,1-2H3. The highest BCUT2D eigenvalue weighted by atomic mass is 32.2. The quantitative estimate of drug-likeness (QED) is 0.841. The first-order chi connectivity index (χ1) is 9.57. The summed E-state index contributed by atoms with van der Waals surface area (Å²) < 4.78 is 26.8. The molecule has 0 spiro atoms. The van der Waals surface area contributed by atoms with Gasteiger partial charge in [-0.1, -0.05) is 13.3 Å². The van der Waals surface area contributed by atoms with Gasteiger partial charge < -0.3 is 5.32 Å². The van der Waals surface area contributed by atoms with Gasteiger partial charge in [-0.25, -0.2) is 8.42 Å². The molecule has 1 N–H and O–H groups in total. The summed E-state index contributed by atoms with van der Waals surface area (Å²) in [6.45, 7) is 5.95. The van der Waals surface area contributed by atoms with Crippen molar-refractivity contribution >= 4 is 15.7 Å². The summed E-state index contributed by atoms with van der Waals surface area (Å²) >= 11 is 0.